The molecule has 3 N–H and O–H groups in total. The van der Waals surface area contributed by atoms with Crippen molar-refractivity contribution < 1.29 is 5.11 Å². The number of nitrogens with two attached hydrogens (primary N) is 1. The lowest BCUT2D eigenvalue weighted by molar-refractivity contribution is -0.0553. The van der Waals surface area contributed by atoms with E-state index in [-0.39, 0.29) is 0 Å². The fraction of sp³-hybridized carbons (Fsp3) is 0.615. The fourth-order valence-corrected chi connectivity index (χ4v) is 2.89. The number of aliphatic hydroxyl groups is 1. The van der Waals surface area contributed by atoms with Gasteiger partial charge in [-0.2, -0.15) is 0 Å². The van der Waals surface area contributed by atoms with E-state index in [1.165, 1.54) is 6.42 Å². The Kier molecular flexibility index (Phi) is 3.15. The Morgan fingerprint density at radius 2 is 2.38 bits per heavy atom. The van der Waals surface area contributed by atoms with Crippen LogP contribution in [-0.2, 0) is 5.60 Å². The molecule has 1 aliphatic carbocycles. The number of anilines is 1. The van der Waals surface area contributed by atoms with E-state index in [1.807, 2.05) is 0 Å². The first-order valence-corrected chi connectivity index (χ1v) is 6.11. The van der Waals surface area contributed by atoms with Crippen LogP contribution in [0, 0.1) is 5.92 Å². The Morgan fingerprint density at radius 1 is 1.56 bits per heavy atom. The molecule has 88 valence electrons. The normalized spacial score (nSPS) is 30.2. The van der Waals surface area contributed by atoms with Crippen molar-refractivity contribution in [2.45, 2.75) is 44.6 Å². The molecule has 1 fully saturated rings. The maximum Gasteiger partial charge on any atom is 0.0959 e. The molecule has 3 nitrogen and oxygen atoms in total. The summed E-state index contributed by atoms with van der Waals surface area (Å²) in [6, 6.07) is 1.77. The average molecular weight is 220 g/mol. The molecule has 1 heterocycles. The Balaban J connectivity index is 2.39. The highest BCUT2D eigenvalue weighted by Crippen LogP contribution is 2.44. The van der Waals surface area contributed by atoms with Crippen LogP contribution in [0.5, 0.6) is 0 Å². The second kappa shape index (κ2) is 4.42. The zero-order valence-corrected chi connectivity index (χ0v) is 9.82. The third-order valence-corrected chi connectivity index (χ3v) is 3.85. The summed E-state index contributed by atoms with van der Waals surface area (Å²) >= 11 is 0. The lowest BCUT2D eigenvalue weighted by atomic mass is 9.70. The van der Waals surface area contributed by atoms with E-state index in [1.54, 1.807) is 18.5 Å². The van der Waals surface area contributed by atoms with Crippen molar-refractivity contribution in [3.05, 3.63) is 24.0 Å². The summed E-state index contributed by atoms with van der Waals surface area (Å²) in [5, 5.41) is 10.9. The van der Waals surface area contributed by atoms with Crippen molar-refractivity contribution in [3.63, 3.8) is 0 Å². The molecule has 2 rings (SSSR count). The summed E-state index contributed by atoms with van der Waals surface area (Å²) in [7, 11) is 0. The minimum Gasteiger partial charge on any atom is -0.398 e. The van der Waals surface area contributed by atoms with Crippen LogP contribution in [0.2, 0.25) is 0 Å². The van der Waals surface area contributed by atoms with Crippen molar-refractivity contribution in [2.75, 3.05) is 5.73 Å². The summed E-state index contributed by atoms with van der Waals surface area (Å²) in [5.74, 6) is 0.313. The lowest BCUT2D eigenvalue weighted by Crippen LogP contribution is -2.38. The van der Waals surface area contributed by atoms with E-state index in [0.29, 0.717) is 11.6 Å². The van der Waals surface area contributed by atoms with Crippen LogP contribution in [-0.4, -0.2) is 10.1 Å². The van der Waals surface area contributed by atoms with Crippen LogP contribution in [0.15, 0.2) is 18.5 Å². The molecule has 0 aliphatic heterocycles. The van der Waals surface area contributed by atoms with E-state index < -0.39 is 5.60 Å². The van der Waals surface area contributed by atoms with Gasteiger partial charge in [0.15, 0.2) is 0 Å². The Bertz CT molecular complexity index is 367. The topological polar surface area (TPSA) is 59.1 Å². The number of hydrogen-bond acceptors (Lipinski definition) is 3. The quantitative estimate of drug-likeness (QED) is 0.804. The van der Waals surface area contributed by atoms with Crippen molar-refractivity contribution in [3.8, 4) is 0 Å². The third-order valence-electron chi connectivity index (χ3n) is 3.85. The predicted molar refractivity (Wildman–Crippen MR) is 64.8 cm³/mol. The molecule has 0 saturated heterocycles. The van der Waals surface area contributed by atoms with Gasteiger partial charge in [-0.05, 0) is 24.8 Å². The van der Waals surface area contributed by atoms with Gasteiger partial charge in [-0.15, -0.1) is 0 Å². The van der Waals surface area contributed by atoms with Gasteiger partial charge >= 0.3 is 0 Å². The molecule has 2 atom stereocenters. The minimum atomic E-state index is -0.759. The van der Waals surface area contributed by atoms with Gasteiger partial charge in [-0.25, -0.2) is 0 Å². The van der Waals surface area contributed by atoms with Gasteiger partial charge in [0, 0.05) is 23.6 Å². The standard InChI is InChI=1S/C13H20N2O/c1-2-10-5-3-4-7-13(10,16)11-9-15-8-6-12(11)14/h6,8-10,16H,2-5,7H2,1H3,(H2,14,15). The van der Waals surface area contributed by atoms with E-state index >= 15 is 0 Å². The molecule has 16 heavy (non-hydrogen) atoms. The average Bonchev–Trinajstić information content (AvgIpc) is 2.30. The first-order chi connectivity index (χ1) is 7.68. The van der Waals surface area contributed by atoms with Crippen molar-refractivity contribution >= 4 is 5.69 Å². The molecule has 0 spiro atoms. The minimum absolute atomic E-state index is 0.313. The molecule has 1 aromatic rings. The van der Waals surface area contributed by atoms with Crippen molar-refractivity contribution in [1.29, 1.82) is 0 Å². The number of pyridine rings is 1. The van der Waals surface area contributed by atoms with Crippen LogP contribution < -0.4 is 5.73 Å². The second-order valence-corrected chi connectivity index (χ2v) is 4.74. The number of nitrogens with zero attached hydrogens (tertiary/aromatic N) is 1. The highest BCUT2D eigenvalue weighted by atomic mass is 16.3. The molecule has 3 heteroatoms. The van der Waals surface area contributed by atoms with E-state index in [2.05, 4.69) is 11.9 Å². The molecule has 1 saturated carbocycles. The van der Waals surface area contributed by atoms with Gasteiger partial charge in [-0.3, -0.25) is 4.98 Å². The summed E-state index contributed by atoms with van der Waals surface area (Å²) in [5.41, 5.74) is 6.68. The van der Waals surface area contributed by atoms with E-state index in [9.17, 15) is 5.11 Å². The zero-order valence-electron chi connectivity index (χ0n) is 9.82. The summed E-state index contributed by atoms with van der Waals surface area (Å²) in [6.07, 6.45) is 8.56. The molecular weight excluding hydrogens is 200 g/mol. The Labute approximate surface area is 96.7 Å². The number of hydrogen-bond donors (Lipinski definition) is 2. The summed E-state index contributed by atoms with van der Waals surface area (Å²) < 4.78 is 0. The monoisotopic (exact) mass is 220 g/mol. The first kappa shape index (κ1) is 11.4. The maximum absolute atomic E-state index is 10.9. The third kappa shape index (κ3) is 1.80. The van der Waals surface area contributed by atoms with Crippen LogP contribution >= 0.6 is 0 Å². The van der Waals surface area contributed by atoms with Crippen molar-refractivity contribution in [2.24, 2.45) is 5.92 Å². The molecule has 0 bridgehead atoms. The van der Waals surface area contributed by atoms with Gasteiger partial charge < -0.3 is 10.8 Å². The Hall–Kier alpha value is -1.09. The van der Waals surface area contributed by atoms with Gasteiger partial charge in [0.05, 0.1) is 5.60 Å². The molecule has 0 aromatic carbocycles. The van der Waals surface area contributed by atoms with E-state index in [0.717, 1.165) is 31.2 Å². The van der Waals surface area contributed by atoms with Crippen molar-refractivity contribution in [1.82, 2.24) is 4.98 Å². The van der Waals surface area contributed by atoms with Crippen LogP contribution in [0.25, 0.3) is 0 Å². The highest BCUT2D eigenvalue weighted by molar-refractivity contribution is 5.48. The first-order valence-electron chi connectivity index (χ1n) is 6.11. The summed E-state index contributed by atoms with van der Waals surface area (Å²) in [4.78, 5) is 4.09. The predicted octanol–water partition coefficient (Wildman–Crippen LogP) is 2.45. The molecule has 0 radical (unpaired) electrons. The largest absolute Gasteiger partial charge is 0.398 e. The van der Waals surface area contributed by atoms with Crippen LogP contribution in [0.4, 0.5) is 5.69 Å². The number of aromatic nitrogens is 1. The fourth-order valence-electron chi connectivity index (χ4n) is 2.89. The lowest BCUT2D eigenvalue weighted by Gasteiger charge is -2.40. The number of nitrogen functional groups attached to an aromatic ring is 1. The second-order valence-electron chi connectivity index (χ2n) is 4.74. The maximum atomic E-state index is 10.9. The molecule has 2 unspecified atom stereocenters. The SMILES string of the molecule is CCC1CCCCC1(O)c1cnccc1N. The van der Waals surface area contributed by atoms with Gasteiger partial charge in [-0.1, -0.05) is 26.2 Å². The van der Waals surface area contributed by atoms with Gasteiger partial charge in [0.25, 0.3) is 0 Å². The van der Waals surface area contributed by atoms with Crippen LogP contribution in [0.1, 0.15) is 44.6 Å². The smallest absolute Gasteiger partial charge is 0.0959 e. The van der Waals surface area contributed by atoms with Gasteiger partial charge in [0.1, 0.15) is 0 Å². The van der Waals surface area contributed by atoms with Crippen LogP contribution in [0.3, 0.4) is 0 Å². The Morgan fingerprint density at radius 3 is 3.06 bits per heavy atom. The molecular formula is C13H20N2O. The highest BCUT2D eigenvalue weighted by Gasteiger charge is 2.40. The summed E-state index contributed by atoms with van der Waals surface area (Å²) in [6.45, 7) is 2.13. The van der Waals surface area contributed by atoms with E-state index in [4.69, 9.17) is 5.73 Å². The van der Waals surface area contributed by atoms with Gasteiger partial charge in [0.2, 0.25) is 0 Å². The number of rotatable bonds is 2. The zero-order chi connectivity index (χ0) is 11.6. The molecule has 1 aliphatic rings. The molecule has 1 aromatic heterocycles. The molecule has 0 amide bonds.